The average Bonchev–Trinajstić information content (AvgIpc) is 2.78. The largest absolute Gasteiger partial charge is 0.493 e. The van der Waals surface area contributed by atoms with Crippen LogP contribution in [0.3, 0.4) is 0 Å². The van der Waals surface area contributed by atoms with Crippen LogP contribution in [0, 0.1) is 5.82 Å². The molecule has 0 radical (unpaired) electrons. The van der Waals surface area contributed by atoms with Crippen LogP contribution in [0.15, 0.2) is 36.4 Å². The fourth-order valence-corrected chi connectivity index (χ4v) is 4.27. The van der Waals surface area contributed by atoms with Gasteiger partial charge in [0.2, 0.25) is 5.91 Å². The van der Waals surface area contributed by atoms with Gasteiger partial charge in [0.15, 0.2) is 11.5 Å². The Kier molecular flexibility index (Phi) is 6.08. The molecule has 0 saturated carbocycles. The minimum Gasteiger partial charge on any atom is -0.493 e. The standard InChI is InChI=1S/C23H28FN3O3/c1-29-21-13-17-7-8-25(15-18(17)14-22(21)30-2)16-23(28)27-11-9-26(10-12-27)20-6-4-3-5-19(20)24/h3-6,13-14H,7-12,15-16H2,1-2H3. The van der Waals surface area contributed by atoms with E-state index < -0.39 is 0 Å². The number of carbonyl (C=O) groups is 1. The molecule has 2 aromatic carbocycles. The smallest absolute Gasteiger partial charge is 0.236 e. The molecule has 2 heterocycles. The number of rotatable bonds is 5. The van der Waals surface area contributed by atoms with Crippen molar-refractivity contribution in [2.45, 2.75) is 13.0 Å². The summed E-state index contributed by atoms with van der Waals surface area (Å²) >= 11 is 0. The summed E-state index contributed by atoms with van der Waals surface area (Å²) < 4.78 is 24.8. The highest BCUT2D eigenvalue weighted by Crippen LogP contribution is 2.33. The highest BCUT2D eigenvalue weighted by Gasteiger charge is 2.26. The SMILES string of the molecule is COc1cc2c(cc1OC)CN(CC(=O)N1CCN(c3ccccc3F)CC1)CC2. The molecule has 1 saturated heterocycles. The highest BCUT2D eigenvalue weighted by atomic mass is 19.1. The van der Waals surface area contributed by atoms with Crippen molar-refractivity contribution in [2.24, 2.45) is 0 Å². The van der Waals surface area contributed by atoms with E-state index in [1.54, 1.807) is 26.4 Å². The summed E-state index contributed by atoms with van der Waals surface area (Å²) in [6.45, 7) is 4.47. The number of fused-ring (bicyclic) bond motifs is 1. The van der Waals surface area contributed by atoms with Gasteiger partial charge in [-0.15, -0.1) is 0 Å². The molecule has 2 aliphatic heterocycles. The minimum absolute atomic E-state index is 0.132. The Balaban J connectivity index is 1.34. The van der Waals surface area contributed by atoms with Gasteiger partial charge in [0.1, 0.15) is 5.82 Å². The topological polar surface area (TPSA) is 45.3 Å². The lowest BCUT2D eigenvalue weighted by Crippen LogP contribution is -2.51. The van der Waals surface area contributed by atoms with E-state index in [-0.39, 0.29) is 11.7 Å². The fourth-order valence-electron chi connectivity index (χ4n) is 4.27. The number of amides is 1. The van der Waals surface area contributed by atoms with Gasteiger partial charge in [-0.1, -0.05) is 12.1 Å². The van der Waals surface area contributed by atoms with E-state index in [1.165, 1.54) is 17.2 Å². The third-order valence-electron chi connectivity index (χ3n) is 5.98. The number of ether oxygens (including phenoxy) is 2. The van der Waals surface area contributed by atoms with E-state index in [2.05, 4.69) is 4.90 Å². The Morgan fingerprint density at radius 3 is 2.30 bits per heavy atom. The maximum absolute atomic E-state index is 14.0. The molecule has 160 valence electrons. The Hall–Kier alpha value is -2.80. The van der Waals surface area contributed by atoms with Crippen LogP contribution >= 0.6 is 0 Å². The molecule has 0 unspecified atom stereocenters. The Morgan fingerprint density at radius 2 is 1.63 bits per heavy atom. The van der Waals surface area contributed by atoms with Gasteiger partial charge in [-0.25, -0.2) is 4.39 Å². The lowest BCUT2D eigenvalue weighted by atomic mass is 9.98. The predicted molar refractivity (Wildman–Crippen MR) is 114 cm³/mol. The molecule has 1 fully saturated rings. The summed E-state index contributed by atoms with van der Waals surface area (Å²) in [5.74, 6) is 1.38. The van der Waals surface area contributed by atoms with Gasteiger partial charge in [-0.3, -0.25) is 9.69 Å². The second-order valence-corrected chi connectivity index (χ2v) is 7.76. The van der Waals surface area contributed by atoms with E-state index in [4.69, 9.17) is 9.47 Å². The maximum atomic E-state index is 14.0. The second-order valence-electron chi connectivity index (χ2n) is 7.76. The quantitative estimate of drug-likeness (QED) is 0.754. The number of nitrogens with zero attached hydrogens (tertiary/aromatic N) is 3. The summed E-state index contributed by atoms with van der Waals surface area (Å²) in [6, 6.07) is 10.9. The van der Waals surface area contributed by atoms with Crippen LogP contribution in [0.5, 0.6) is 11.5 Å². The number of hydrogen-bond donors (Lipinski definition) is 0. The van der Waals surface area contributed by atoms with Crippen molar-refractivity contribution in [1.82, 2.24) is 9.80 Å². The first-order valence-corrected chi connectivity index (χ1v) is 10.3. The van der Waals surface area contributed by atoms with Gasteiger partial charge in [0, 0.05) is 39.3 Å². The van der Waals surface area contributed by atoms with Crippen molar-refractivity contribution in [3.05, 3.63) is 53.3 Å². The summed E-state index contributed by atoms with van der Waals surface area (Å²) in [5.41, 5.74) is 3.03. The molecular formula is C23H28FN3O3. The van der Waals surface area contributed by atoms with Gasteiger partial charge in [0.05, 0.1) is 26.5 Å². The lowest BCUT2D eigenvalue weighted by Gasteiger charge is -2.37. The highest BCUT2D eigenvalue weighted by molar-refractivity contribution is 5.78. The number of benzene rings is 2. The zero-order chi connectivity index (χ0) is 21.1. The van der Waals surface area contributed by atoms with Crippen LogP contribution < -0.4 is 14.4 Å². The monoisotopic (exact) mass is 413 g/mol. The summed E-state index contributed by atoms with van der Waals surface area (Å²) in [6.07, 6.45) is 0.879. The van der Waals surface area contributed by atoms with Crippen LogP contribution in [-0.2, 0) is 17.8 Å². The Morgan fingerprint density at radius 1 is 0.967 bits per heavy atom. The normalized spacial score (nSPS) is 16.9. The zero-order valence-electron chi connectivity index (χ0n) is 17.6. The molecule has 30 heavy (non-hydrogen) atoms. The molecule has 0 aromatic heterocycles. The molecule has 4 rings (SSSR count). The number of hydrogen-bond acceptors (Lipinski definition) is 5. The fraction of sp³-hybridized carbons (Fsp3) is 0.435. The maximum Gasteiger partial charge on any atom is 0.236 e. The molecule has 0 bridgehead atoms. The number of methoxy groups -OCH3 is 2. The Bertz CT molecular complexity index is 913. The van der Waals surface area contributed by atoms with Gasteiger partial charge >= 0.3 is 0 Å². The third kappa shape index (κ3) is 4.21. The molecule has 2 aromatic rings. The lowest BCUT2D eigenvalue weighted by molar-refractivity contribution is -0.132. The molecule has 0 atom stereocenters. The van der Waals surface area contributed by atoms with Crippen molar-refractivity contribution in [3.63, 3.8) is 0 Å². The number of halogens is 1. The van der Waals surface area contributed by atoms with E-state index in [0.29, 0.717) is 44.2 Å². The van der Waals surface area contributed by atoms with Crippen molar-refractivity contribution in [2.75, 3.05) is 58.4 Å². The van der Waals surface area contributed by atoms with E-state index in [9.17, 15) is 9.18 Å². The van der Waals surface area contributed by atoms with Crippen molar-refractivity contribution >= 4 is 11.6 Å². The van der Waals surface area contributed by atoms with Crippen LogP contribution in [0.1, 0.15) is 11.1 Å². The molecule has 1 amide bonds. The third-order valence-corrected chi connectivity index (χ3v) is 5.98. The van der Waals surface area contributed by atoms with Gasteiger partial charge in [-0.2, -0.15) is 0 Å². The zero-order valence-corrected chi connectivity index (χ0v) is 17.6. The van der Waals surface area contributed by atoms with Crippen LogP contribution in [-0.4, -0.2) is 69.2 Å². The van der Waals surface area contributed by atoms with E-state index >= 15 is 0 Å². The first-order chi connectivity index (χ1) is 14.6. The molecule has 0 N–H and O–H groups in total. The molecule has 6 nitrogen and oxygen atoms in total. The molecule has 0 spiro atoms. The van der Waals surface area contributed by atoms with Crippen LogP contribution in [0.25, 0.3) is 0 Å². The molecule has 0 aliphatic carbocycles. The van der Waals surface area contributed by atoms with Crippen LogP contribution in [0.2, 0.25) is 0 Å². The number of piperazine rings is 1. The van der Waals surface area contributed by atoms with Crippen molar-refractivity contribution in [1.29, 1.82) is 0 Å². The molecular weight excluding hydrogens is 385 g/mol. The first-order valence-electron chi connectivity index (χ1n) is 10.3. The van der Waals surface area contributed by atoms with Gasteiger partial charge < -0.3 is 19.3 Å². The molecule has 2 aliphatic rings. The first kappa shape index (κ1) is 20.5. The van der Waals surface area contributed by atoms with E-state index in [0.717, 1.165) is 25.3 Å². The number of carbonyl (C=O) groups excluding carboxylic acids is 1. The Labute approximate surface area is 176 Å². The van der Waals surface area contributed by atoms with E-state index in [1.807, 2.05) is 28.0 Å². The summed E-state index contributed by atoms with van der Waals surface area (Å²) in [5, 5.41) is 0. The predicted octanol–water partition coefficient (Wildman–Crippen LogP) is 2.55. The van der Waals surface area contributed by atoms with Crippen LogP contribution in [0.4, 0.5) is 10.1 Å². The van der Waals surface area contributed by atoms with Gasteiger partial charge in [-0.05, 0) is 41.8 Å². The van der Waals surface area contributed by atoms with Gasteiger partial charge in [0.25, 0.3) is 0 Å². The summed E-state index contributed by atoms with van der Waals surface area (Å²) in [4.78, 5) is 18.9. The van der Waals surface area contributed by atoms with Crippen molar-refractivity contribution in [3.8, 4) is 11.5 Å². The number of para-hydroxylation sites is 1. The molecule has 7 heteroatoms. The average molecular weight is 413 g/mol. The minimum atomic E-state index is -0.212. The second kappa shape index (κ2) is 8.92. The summed E-state index contributed by atoms with van der Waals surface area (Å²) in [7, 11) is 3.28. The van der Waals surface area contributed by atoms with Crippen molar-refractivity contribution < 1.29 is 18.7 Å². The number of anilines is 1.